The van der Waals surface area contributed by atoms with Gasteiger partial charge in [-0.25, -0.2) is 9.78 Å². The van der Waals surface area contributed by atoms with E-state index < -0.39 is 0 Å². The summed E-state index contributed by atoms with van der Waals surface area (Å²) in [6, 6.07) is 16.6. The van der Waals surface area contributed by atoms with Crippen LogP contribution in [-0.2, 0) is 16.0 Å². The van der Waals surface area contributed by atoms with Gasteiger partial charge in [0.25, 0.3) is 0 Å². The third-order valence-corrected chi connectivity index (χ3v) is 4.65. The largest absolute Gasteiger partial charge is 0.459 e. The molecule has 0 fully saturated rings. The molecule has 150 valence electrons. The topological polar surface area (TPSA) is 97.0 Å². The van der Waals surface area contributed by atoms with E-state index in [1.807, 2.05) is 30.3 Å². The van der Waals surface area contributed by atoms with Crippen LogP contribution in [-0.4, -0.2) is 38.9 Å². The molecule has 0 saturated carbocycles. The molecule has 8 heteroatoms. The minimum atomic E-state index is -0.385. The van der Waals surface area contributed by atoms with Crippen molar-refractivity contribution in [2.75, 3.05) is 11.1 Å². The van der Waals surface area contributed by atoms with Gasteiger partial charge in [0.1, 0.15) is 5.82 Å². The highest BCUT2D eigenvalue weighted by Crippen LogP contribution is 2.16. The van der Waals surface area contributed by atoms with Crippen molar-refractivity contribution in [3.05, 3.63) is 71.5 Å². The zero-order chi connectivity index (χ0) is 20.6. The molecule has 0 atom stereocenters. The van der Waals surface area contributed by atoms with Crippen molar-refractivity contribution in [3.8, 4) is 0 Å². The number of carbonyl (C=O) groups excluding carboxylic acids is 2. The molecule has 0 spiro atoms. The van der Waals surface area contributed by atoms with Crippen LogP contribution >= 0.6 is 11.8 Å². The van der Waals surface area contributed by atoms with Gasteiger partial charge in [-0.05, 0) is 43.7 Å². The molecule has 0 unspecified atom stereocenters. The number of nitrogens with zero attached hydrogens (tertiary/aromatic N) is 2. The first-order valence-corrected chi connectivity index (χ1v) is 10.2. The fourth-order valence-corrected chi connectivity index (χ4v) is 3.13. The number of amides is 1. The Labute approximate surface area is 173 Å². The normalized spacial score (nSPS) is 10.7. The maximum absolute atomic E-state index is 12.2. The molecule has 3 aromatic rings. The zero-order valence-corrected chi connectivity index (χ0v) is 17.0. The van der Waals surface area contributed by atoms with Gasteiger partial charge >= 0.3 is 5.97 Å². The lowest BCUT2D eigenvalue weighted by atomic mass is 10.1. The summed E-state index contributed by atoms with van der Waals surface area (Å²) < 4.78 is 5.14. The van der Waals surface area contributed by atoms with Gasteiger partial charge in [-0.15, -0.1) is 5.10 Å². The Morgan fingerprint density at radius 3 is 2.52 bits per heavy atom. The van der Waals surface area contributed by atoms with Gasteiger partial charge in [-0.1, -0.05) is 42.1 Å². The van der Waals surface area contributed by atoms with Crippen molar-refractivity contribution in [1.82, 2.24) is 15.2 Å². The highest BCUT2D eigenvalue weighted by atomic mass is 32.2. The molecule has 2 N–H and O–H groups in total. The quantitative estimate of drug-likeness (QED) is 0.434. The van der Waals surface area contributed by atoms with Crippen LogP contribution in [0, 0.1) is 0 Å². The summed E-state index contributed by atoms with van der Waals surface area (Å²) in [5, 5.41) is 10.4. The molecule has 0 aliphatic heterocycles. The number of aromatic amines is 1. The van der Waals surface area contributed by atoms with Crippen molar-refractivity contribution in [3.63, 3.8) is 0 Å². The van der Waals surface area contributed by atoms with Gasteiger partial charge in [0.2, 0.25) is 11.1 Å². The molecule has 1 amide bonds. The number of hydrogen-bond donors (Lipinski definition) is 2. The Kier molecular flexibility index (Phi) is 7.02. The van der Waals surface area contributed by atoms with Crippen LogP contribution in [0.25, 0.3) is 0 Å². The van der Waals surface area contributed by atoms with Crippen LogP contribution in [0.4, 0.5) is 5.69 Å². The Balaban J connectivity index is 1.47. The zero-order valence-electron chi connectivity index (χ0n) is 16.2. The van der Waals surface area contributed by atoms with Crippen LogP contribution in [0.15, 0.2) is 59.8 Å². The average Bonchev–Trinajstić information content (AvgIpc) is 3.14. The lowest BCUT2D eigenvalue weighted by Crippen LogP contribution is -2.15. The van der Waals surface area contributed by atoms with Crippen LogP contribution < -0.4 is 5.32 Å². The molecular weight excluding hydrogens is 388 g/mol. The molecule has 2 aromatic carbocycles. The van der Waals surface area contributed by atoms with E-state index in [4.69, 9.17) is 4.74 Å². The van der Waals surface area contributed by atoms with E-state index in [1.165, 1.54) is 11.8 Å². The molecule has 29 heavy (non-hydrogen) atoms. The fraction of sp³-hybridized carbons (Fsp3) is 0.238. The molecule has 0 radical (unpaired) electrons. The second-order valence-electron chi connectivity index (χ2n) is 6.60. The minimum absolute atomic E-state index is 0.178. The van der Waals surface area contributed by atoms with E-state index in [-0.39, 0.29) is 23.7 Å². The molecule has 7 nitrogen and oxygen atoms in total. The van der Waals surface area contributed by atoms with Gasteiger partial charge in [-0.2, -0.15) is 0 Å². The molecule has 1 aromatic heterocycles. The van der Waals surface area contributed by atoms with Gasteiger partial charge < -0.3 is 10.1 Å². The Bertz CT molecular complexity index is 956. The number of benzene rings is 2. The number of H-pyrrole nitrogens is 1. The van der Waals surface area contributed by atoms with Gasteiger partial charge in [0.15, 0.2) is 0 Å². The smallest absolute Gasteiger partial charge is 0.338 e. The molecule has 0 saturated heterocycles. The van der Waals surface area contributed by atoms with Crippen molar-refractivity contribution in [2.45, 2.75) is 31.5 Å². The second kappa shape index (κ2) is 9.88. The van der Waals surface area contributed by atoms with Crippen LogP contribution in [0.3, 0.4) is 0 Å². The van der Waals surface area contributed by atoms with Crippen LogP contribution in [0.1, 0.15) is 35.6 Å². The van der Waals surface area contributed by atoms with E-state index in [2.05, 4.69) is 20.5 Å². The summed E-state index contributed by atoms with van der Waals surface area (Å²) in [5.74, 6) is 0.369. The van der Waals surface area contributed by atoms with Gasteiger partial charge in [-0.3, -0.25) is 9.89 Å². The molecule has 3 rings (SSSR count). The average molecular weight is 410 g/mol. The van der Waals surface area contributed by atoms with E-state index in [1.54, 1.807) is 38.1 Å². The lowest BCUT2D eigenvalue weighted by molar-refractivity contribution is -0.113. The van der Waals surface area contributed by atoms with Crippen molar-refractivity contribution >= 4 is 29.3 Å². The fourth-order valence-electron chi connectivity index (χ4n) is 2.51. The Morgan fingerprint density at radius 1 is 1.10 bits per heavy atom. The number of esters is 1. The predicted octanol–water partition coefficient (Wildman–Crippen LogP) is 3.69. The molecule has 1 heterocycles. The first kappa shape index (κ1) is 20.6. The van der Waals surface area contributed by atoms with E-state index in [9.17, 15) is 9.59 Å². The third-order valence-electron chi connectivity index (χ3n) is 3.81. The molecule has 0 bridgehead atoms. The highest BCUT2D eigenvalue weighted by Gasteiger charge is 2.11. The summed E-state index contributed by atoms with van der Waals surface area (Å²) in [6.45, 7) is 3.59. The second-order valence-corrected chi connectivity index (χ2v) is 7.54. The first-order chi connectivity index (χ1) is 14.0. The maximum atomic E-state index is 12.2. The molecule has 0 aliphatic carbocycles. The van der Waals surface area contributed by atoms with Crippen LogP contribution in [0.2, 0.25) is 0 Å². The van der Waals surface area contributed by atoms with E-state index >= 15 is 0 Å². The SMILES string of the molecule is CC(C)OC(=O)c1ccc(NC(=O)CSc2n[nH]c(Cc3ccccc3)n2)cc1. The molecular formula is C21H22N4O3S. The highest BCUT2D eigenvalue weighted by molar-refractivity contribution is 7.99. The Morgan fingerprint density at radius 2 is 1.83 bits per heavy atom. The third kappa shape index (κ3) is 6.46. The minimum Gasteiger partial charge on any atom is -0.459 e. The molecule has 0 aliphatic rings. The van der Waals surface area contributed by atoms with Gasteiger partial charge in [0, 0.05) is 12.1 Å². The Hall–Kier alpha value is -3.13. The number of nitrogens with one attached hydrogen (secondary N) is 2. The van der Waals surface area contributed by atoms with Crippen molar-refractivity contribution in [1.29, 1.82) is 0 Å². The van der Waals surface area contributed by atoms with E-state index in [0.717, 1.165) is 11.4 Å². The number of rotatable bonds is 8. The summed E-state index contributed by atoms with van der Waals surface area (Å²) in [4.78, 5) is 28.4. The van der Waals surface area contributed by atoms with Gasteiger partial charge in [0.05, 0.1) is 17.4 Å². The monoisotopic (exact) mass is 410 g/mol. The lowest BCUT2D eigenvalue weighted by Gasteiger charge is -2.08. The standard InChI is InChI=1S/C21H22N4O3S/c1-14(2)28-20(27)16-8-10-17(11-9-16)22-19(26)13-29-21-23-18(24-25-21)12-15-6-4-3-5-7-15/h3-11,14H,12-13H2,1-2H3,(H,22,26)(H,23,24,25). The first-order valence-electron chi connectivity index (χ1n) is 9.18. The van der Waals surface area contributed by atoms with Crippen molar-refractivity contribution in [2.24, 2.45) is 0 Å². The summed E-state index contributed by atoms with van der Waals surface area (Å²) in [5.41, 5.74) is 2.19. The number of thioether (sulfide) groups is 1. The number of aromatic nitrogens is 3. The summed E-state index contributed by atoms with van der Waals surface area (Å²) in [7, 11) is 0. The maximum Gasteiger partial charge on any atom is 0.338 e. The van der Waals surface area contributed by atoms with E-state index in [0.29, 0.717) is 22.8 Å². The number of hydrogen-bond acceptors (Lipinski definition) is 6. The number of carbonyl (C=O) groups is 2. The summed E-state index contributed by atoms with van der Waals surface area (Å²) >= 11 is 1.25. The predicted molar refractivity (Wildman–Crippen MR) is 112 cm³/mol. The van der Waals surface area contributed by atoms with Crippen molar-refractivity contribution < 1.29 is 14.3 Å². The van der Waals surface area contributed by atoms with Crippen LogP contribution in [0.5, 0.6) is 0 Å². The summed E-state index contributed by atoms with van der Waals surface area (Å²) in [6.07, 6.45) is 0.481. The number of ether oxygens (including phenoxy) is 1. The number of anilines is 1.